The fourth-order valence-electron chi connectivity index (χ4n) is 2.60. The second-order valence-electron chi connectivity index (χ2n) is 5.51. The van der Waals surface area contributed by atoms with Crippen molar-refractivity contribution in [2.75, 3.05) is 31.5 Å². The van der Waals surface area contributed by atoms with Crippen LogP contribution in [0.3, 0.4) is 0 Å². The first-order valence-corrected chi connectivity index (χ1v) is 7.86. The van der Waals surface area contributed by atoms with Crippen LogP contribution >= 0.6 is 15.9 Å². The minimum Gasteiger partial charge on any atom is -0.330 e. The van der Waals surface area contributed by atoms with Gasteiger partial charge in [0.05, 0.1) is 12.2 Å². The Morgan fingerprint density at radius 1 is 1.55 bits per heavy atom. The van der Waals surface area contributed by atoms with E-state index in [0.717, 1.165) is 35.2 Å². The summed E-state index contributed by atoms with van der Waals surface area (Å²) in [6.07, 6.45) is 2.31. The monoisotopic (exact) mass is 339 g/mol. The van der Waals surface area contributed by atoms with E-state index in [4.69, 9.17) is 5.73 Å². The largest absolute Gasteiger partial charge is 0.330 e. The van der Waals surface area contributed by atoms with E-state index in [1.54, 1.807) is 0 Å². The van der Waals surface area contributed by atoms with Crippen LogP contribution < -0.4 is 11.1 Å². The third-order valence-corrected chi connectivity index (χ3v) is 4.36. The molecule has 1 aliphatic rings. The SMILES string of the molecule is Cc1ccc(NC(=O)CN2CCCC(CN)C2)c(Br)c1. The molecule has 2 rings (SSSR count). The first kappa shape index (κ1) is 15.5. The standard InChI is InChI=1S/C15H22BrN3O/c1-11-4-5-14(13(16)7-11)18-15(20)10-19-6-2-3-12(8-17)9-19/h4-5,7,12H,2-3,6,8-10,17H2,1H3,(H,18,20). The van der Waals surface area contributed by atoms with Gasteiger partial charge in [-0.2, -0.15) is 0 Å². The fraction of sp³-hybridized carbons (Fsp3) is 0.533. The van der Waals surface area contributed by atoms with Crippen molar-refractivity contribution in [3.63, 3.8) is 0 Å². The molecule has 1 aromatic rings. The Bertz CT molecular complexity index is 478. The summed E-state index contributed by atoms with van der Waals surface area (Å²) in [5, 5.41) is 2.96. The van der Waals surface area contributed by atoms with Gasteiger partial charge in [0, 0.05) is 11.0 Å². The van der Waals surface area contributed by atoms with Crippen molar-refractivity contribution >= 4 is 27.5 Å². The summed E-state index contributed by atoms with van der Waals surface area (Å²) in [6, 6.07) is 5.92. The van der Waals surface area contributed by atoms with Crippen LogP contribution in [0.4, 0.5) is 5.69 Å². The molecule has 0 spiro atoms. The van der Waals surface area contributed by atoms with Gasteiger partial charge in [0.25, 0.3) is 0 Å². The lowest BCUT2D eigenvalue weighted by Crippen LogP contribution is -2.42. The molecule has 4 nitrogen and oxygen atoms in total. The van der Waals surface area contributed by atoms with Gasteiger partial charge in [-0.05, 0) is 72.4 Å². The van der Waals surface area contributed by atoms with E-state index in [2.05, 4.69) is 26.1 Å². The zero-order valence-corrected chi connectivity index (χ0v) is 13.4. The van der Waals surface area contributed by atoms with Crippen LogP contribution in [0.2, 0.25) is 0 Å². The molecule has 1 saturated heterocycles. The first-order chi connectivity index (χ1) is 9.58. The number of halogens is 1. The summed E-state index contributed by atoms with van der Waals surface area (Å²) in [4.78, 5) is 14.3. The van der Waals surface area contributed by atoms with Crippen LogP contribution in [-0.2, 0) is 4.79 Å². The molecule has 1 heterocycles. The first-order valence-electron chi connectivity index (χ1n) is 7.07. The van der Waals surface area contributed by atoms with Crippen LogP contribution in [0.25, 0.3) is 0 Å². The summed E-state index contributed by atoms with van der Waals surface area (Å²) in [5.41, 5.74) is 7.71. The predicted octanol–water partition coefficient (Wildman–Crippen LogP) is 2.37. The van der Waals surface area contributed by atoms with Crippen LogP contribution in [0.1, 0.15) is 18.4 Å². The Hall–Kier alpha value is -0.910. The number of nitrogens with two attached hydrogens (primary N) is 1. The van der Waals surface area contributed by atoms with Crippen LogP contribution in [0.15, 0.2) is 22.7 Å². The summed E-state index contributed by atoms with van der Waals surface area (Å²) in [7, 11) is 0. The maximum atomic E-state index is 12.1. The molecule has 20 heavy (non-hydrogen) atoms. The maximum Gasteiger partial charge on any atom is 0.238 e. The Kier molecular flexibility index (Phi) is 5.57. The minimum absolute atomic E-state index is 0.0345. The number of hydrogen-bond donors (Lipinski definition) is 2. The number of anilines is 1. The molecule has 1 aliphatic heterocycles. The van der Waals surface area contributed by atoms with Crippen molar-refractivity contribution < 1.29 is 4.79 Å². The number of nitrogens with one attached hydrogen (secondary N) is 1. The quantitative estimate of drug-likeness (QED) is 0.885. The smallest absolute Gasteiger partial charge is 0.238 e. The third kappa shape index (κ3) is 4.30. The molecule has 110 valence electrons. The van der Waals surface area contributed by atoms with Crippen molar-refractivity contribution in [1.29, 1.82) is 0 Å². The van der Waals surface area contributed by atoms with E-state index in [9.17, 15) is 4.79 Å². The van der Waals surface area contributed by atoms with Gasteiger partial charge in [-0.1, -0.05) is 6.07 Å². The number of aryl methyl sites for hydroxylation is 1. The van der Waals surface area contributed by atoms with Gasteiger partial charge in [0.2, 0.25) is 5.91 Å². The van der Waals surface area contributed by atoms with Gasteiger partial charge in [0.15, 0.2) is 0 Å². The number of amides is 1. The summed E-state index contributed by atoms with van der Waals surface area (Å²) in [6.45, 7) is 5.09. The highest BCUT2D eigenvalue weighted by Crippen LogP contribution is 2.23. The van der Waals surface area contributed by atoms with Crippen molar-refractivity contribution in [1.82, 2.24) is 4.90 Å². The number of rotatable bonds is 4. The minimum atomic E-state index is 0.0345. The lowest BCUT2D eigenvalue weighted by molar-refractivity contribution is -0.117. The normalized spacial score (nSPS) is 19.9. The zero-order valence-electron chi connectivity index (χ0n) is 11.9. The average molecular weight is 340 g/mol. The van der Waals surface area contributed by atoms with Gasteiger partial charge in [-0.15, -0.1) is 0 Å². The van der Waals surface area contributed by atoms with Gasteiger partial charge in [-0.25, -0.2) is 0 Å². The van der Waals surface area contributed by atoms with E-state index in [1.807, 2.05) is 25.1 Å². The Labute approximate surface area is 128 Å². The lowest BCUT2D eigenvalue weighted by atomic mass is 9.98. The molecule has 0 radical (unpaired) electrons. The van der Waals surface area contributed by atoms with Crippen molar-refractivity contribution in [2.24, 2.45) is 11.7 Å². The van der Waals surface area contributed by atoms with Crippen LogP contribution in [0.5, 0.6) is 0 Å². The molecule has 0 aliphatic carbocycles. The number of carbonyl (C=O) groups is 1. The third-order valence-electron chi connectivity index (χ3n) is 3.70. The molecule has 0 bridgehead atoms. The van der Waals surface area contributed by atoms with Crippen molar-refractivity contribution in [3.05, 3.63) is 28.2 Å². The highest BCUT2D eigenvalue weighted by molar-refractivity contribution is 9.10. The van der Waals surface area contributed by atoms with Gasteiger partial charge < -0.3 is 11.1 Å². The molecule has 1 aromatic carbocycles. The van der Waals surface area contributed by atoms with E-state index < -0.39 is 0 Å². The van der Waals surface area contributed by atoms with E-state index in [0.29, 0.717) is 19.0 Å². The van der Waals surface area contributed by atoms with Crippen molar-refractivity contribution in [3.8, 4) is 0 Å². The highest BCUT2D eigenvalue weighted by atomic mass is 79.9. The Balaban J connectivity index is 1.88. The number of hydrogen-bond acceptors (Lipinski definition) is 3. The molecule has 1 fully saturated rings. The summed E-state index contributed by atoms with van der Waals surface area (Å²) >= 11 is 3.48. The second-order valence-corrected chi connectivity index (χ2v) is 6.36. The molecule has 1 unspecified atom stereocenters. The topological polar surface area (TPSA) is 58.4 Å². The predicted molar refractivity (Wildman–Crippen MR) is 85.7 cm³/mol. The van der Waals surface area contributed by atoms with Gasteiger partial charge >= 0.3 is 0 Å². The average Bonchev–Trinajstić information content (AvgIpc) is 2.42. The highest BCUT2D eigenvalue weighted by Gasteiger charge is 2.20. The second kappa shape index (κ2) is 7.20. The number of piperidine rings is 1. The summed E-state index contributed by atoms with van der Waals surface area (Å²) in [5.74, 6) is 0.565. The molecule has 1 atom stereocenters. The molecule has 5 heteroatoms. The molecular weight excluding hydrogens is 318 g/mol. The molecule has 0 saturated carbocycles. The molecular formula is C15H22BrN3O. The number of benzene rings is 1. The van der Waals surface area contributed by atoms with E-state index >= 15 is 0 Å². The fourth-order valence-corrected chi connectivity index (χ4v) is 3.19. The van der Waals surface area contributed by atoms with Gasteiger partial charge in [-0.3, -0.25) is 9.69 Å². The number of carbonyl (C=O) groups excluding carboxylic acids is 1. The Morgan fingerprint density at radius 3 is 3.05 bits per heavy atom. The molecule has 3 N–H and O–H groups in total. The van der Waals surface area contributed by atoms with Gasteiger partial charge in [0.1, 0.15) is 0 Å². The number of likely N-dealkylation sites (tertiary alicyclic amines) is 1. The number of nitrogens with zero attached hydrogens (tertiary/aromatic N) is 1. The van der Waals surface area contributed by atoms with E-state index in [1.165, 1.54) is 6.42 Å². The Morgan fingerprint density at radius 2 is 2.35 bits per heavy atom. The van der Waals surface area contributed by atoms with Crippen LogP contribution in [-0.4, -0.2) is 37.0 Å². The maximum absolute atomic E-state index is 12.1. The van der Waals surface area contributed by atoms with Crippen molar-refractivity contribution in [2.45, 2.75) is 19.8 Å². The zero-order chi connectivity index (χ0) is 14.5. The van der Waals surface area contributed by atoms with Crippen LogP contribution in [0, 0.1) is 12.8 Å². The summed E-state index contributed by atoms with van der Waals surface area (Å²) < 4.78 is 0.921. The lowest BCUT2D eigenvalue weighted by Gasteiger charge is -2.31. The molecule has 0 aromatic heterocycles. The molecule has 1 amide bonds. The van der Waals surface area contributed by atoms with E-state index in [-0.39, 0.29) is 5.91 Å².